The molecule has 0 bridgehead atoms. The summed E-state index contributed by atoms with van der Waals surface area (Å²) in [5, 5.41) is 2.10. The second-order valence-corrected chi connectivity index (χ2v) is 8.46. The van der Waals surface area contributed by atoms with Crippen LogP contribution in [0, 0.1) is 6.92 Å². The lowest BCUT2D eigenvalue weighted by Gasteiger charge is -2.38. The Balaban J connectivity index is 1.86. The molecule has 0 aliphatic carbocycles. The van der Waals surface area contributed by atoms with Crippen molar-refractivity contribution in [2.75, 3.05) is 39.2 Å². The number of methoxy groups -OCH3 is 1. The van der Waals surface area contributed by atoms with E-state index in [0.29, 0.717) is 26.1 Å². The van der Waals surface area contributed by atoms with Crippen molar-refractivity contribution < 1.29 is 14.3 Å². The van der Waals surface area contributed by atoms with Crippen molar-refractivity contribution in [3.8, 4) is 0 Å². The van der Waals surface area contributed by atoms with Gasteiger partial charge in [-0.1, -0.05) is 24.3 Å². The second kappa shape index (κ2) is 10.2. The Kier molecular flexibility index (Phi) is 7.70. The molecular formula is C22H27ClN2O3S. The Bertz CT molecular complexity index is 854. The summed E-state index contributed by atoms with van der Waals surface area (Å²) in [6, 6.07) is 10.2. The van der Waals surface area contributed by atoms with Gasteiger partial charge in [0.05, 0.1) is 12.6 Å². The summed E-state index contributed by atoms with van der Waals surface area (Å²) in [6.45, 7) is 3.75. The number of carbonyl (C=O) groups excluding carboxylic acids is 2. The quantitative estimate of drug-likeness (QED) is 0.471. The summed E-state index contributed by atoms with van der Waals surface area (Å²) >= 11 is 7.53. The highest BCUT2D eigenvalue weighted by atomic mass is 35.5. The molecule has 29 heavy (non-hydrogen) atoms. The Hall–Kier alpha value is -1.89. The summed E-state index contributed by atoms with van der Waals surface area (Å²) in [6.07, 6.45) is 1.51. The molecule has 1 aliphatic heterocycles. The first-order valence-electron chi connectivity index (χ1n) is 9.80. The molecule has 2 amide bonds. The Morgan fingerprint density at radius 1 is 1.28 bits per heavy atom. The van der Waals surface area contributed by atoms with Gasteiger partial charge in [0.1, 0.15) is 5.88 Å². The SMILES string of the molecule is COCCCN(CC(=O)N1CCc2sccc2C1c1ccccc1C)C(=O)CCl. The zero-order chi connectivity index (χ0) is 20.8. The average Bonchev–Trinajstić information content (AvgIpc) is 3.21. The minimum atomic E-state index is -0.225. The van der Waals surface area contributed by atoms with Crippen molar-refractivity contribution >= 4 is 34.8 Å². The summed E-state index contributed by atoms with van der Waals surface area (Å²) in [7, 11) is 1.62. The number of fused-ring (bicyclic) bond motifs is 1. The van der Waals surface area contributed by atoms with Crippen LogP contribution >= 0.6 is 22.9 Å². The molecule has 0 spiro atoms. The van der Waals surface area contributed by atoms with Crippen LogP contribution in [0.4, 0.5) is 0 Å². The van der Waals surface area contributed by atoms with Gasteiger partial charge in [0.15, 0.2) is 0 Å². The van der Waals surface area contributed by atoms with Crippen LogP contribution < -0.4 is 0 Å². The van der Waals surface area contributed by atoms with E-state index < -0.39 is 0 Å². The largest absolute Gasteiger partial charge is 0.385 e. The van der Waals surface area contributed by atoms with Gasteiger partial charge < -0.3 is 14.5 Å². The first-order chi connectivity index (χ1) is 14.1. The Morgan fingerprint density at radius 3 is 2.79 bits per heavy atom. The van der Waals surface area contributed by atoms with E-state index in [9.17, 15) is 9.59 Å². The van der Waals surface area contributed by atoms with Crippen LogP contribution in [0.2, 0.25) is 0 Å². The van der Waals surface area contributed by atoms with Gasteiger partial charge in [-0.15, -0.1) is 22.9 Å². The predicted octanol–water partition coefficient (Wildman–Crippen LogP) is 3.63. The molecule has 0 saturated heterocycles. The third kappa shape index (κ3) is 5.00. The smallest absolute Gasteiger partial charge is 0.242 e. The molecule has 1 atom stereocenters. The summed E-state index contributed by atoms with van der Waals surface area (Å²) < 4.78 is 5.08. The number of hydrogen-bond acceptors (Lipinski definition) is 4. The third-order valence-electron chi connectivity index (χ3n) is 5.34. The van der Waals surface area contributed by atoms with Crippen LogP contribution in [0.15, 0.2) is 35.7 Å². The van der Waals surface area contributed by atoms with Crippen LogP contribution in [0.25, 0.3) is 0 Å². The van der Waals surface area contributed by atoms with E-state index in [1.54, 1.807) is 23.3 Å². The fraction of sp³-hybridized carbons (Fsp3) is 0.455. The molecule has 3 rings (SSSR count). The summed E-state index contributed by atoms with van der Waals surface area (Å²) in [5.74, 6) is -0.404. The molecule has 1 aromatic carbocycles. The zero-order valence-electron chi connectivity index (χ0n) is 16.9. The highest BCUT2D eigenvalue weighted by Crippen LogP contribution is 2.38. The first-order valence-corrected chi connectivity index (χ1v) is 11.2. The lowest BCUT2D eigenvalue weighted by Crippen LogP contribution is -2.47. The molecule has 0 N–H and O–H groups in total. The van der Waals surface area contributed by atoms with Crippen LogP contribution in [0.3, 0.4) is 0 Å². The van der Waals surface area contributed by atoms with Gasteiger partial charge in [0.25, 0.3) is 0 Å². The van der Waals surface area contributed by atoms with Crippen molar-refractivity contribution in [3.05, 3.63) is 57.3 Å². The van der Waals surface area contributed by atoms with E-state index in [0.717, 1.165) is 17.5 Å². The highest BCUT2D eigenvalue weighted by molar-refractivity contribution is 7.10. The van der Waals surface area contributed by atoms with Crippen molar-refractivity contribution in [2.24, 2.45) is 0 Å². The number of carbonyl (C=O) groups is 2. The molecule has 0 fully saturated rings. The fourth-order valence-electron chi connectivity index (χ4n) is 3.84. The number of thiophene rings is 1. The predicted molar refractivity (Wildman–Crippen MR) is 117 cm³/mol. The number of hydrogen-bond donors (Lipinski definition) is 0. The van der Waals surface area contributed by atoms with Crippen molar-refractivity contribution in [1.29, 1.82) is 0 Å². The summed E-state index contributed by atoms with van der Waals surface area (Å²) in [5.41, 5.74) is 3.48. The molecule has 1 aliphatic rings. The molecule has 1 unspecified atom stereocenters. The molecular weight excluding hydrogens is 408 g/mol. The minimum Gasteiger partial charge on any atom is -0.385 e. The molecule has 156 valence electrons. The van der Waals surface area contributed by atoms with E-state index in [1.165, 1.54) is 10.4 Å². The number of amides is 2. The van der Waals surface area contributed by atoms with Gasteiger partial charge in [0.2, 0.25) is 11.8 Å². The number of aryl methyl sites for hydroxylation is 1. The molecule has 5 nitrogen and oxygen atoms in total. The van der Waals surface area contributed by atoms with Gasteiger partial charge in [-0.25, -0.2) is 0 Å². The third-order valence-corrected chi connectivity index (χ3v) is 6.56. The topological polar surface area (TPSA) is 49.9 Å². The van der Waals surface area contributed by atoms with E-state index in [1.807, 2.05) is 17.0 Å². The number of halogens is 1. The van der Waals surface area contributed by atoms with Crippen molar-refractivity contribution in [3.63, 3.8) is 0 Å². The van der Waals surface area contributed by atoms with E-state index in [2.05, 4.69) is 30.5 Å². The second-order valence-electron chi connectivity index (χ2n) is 7.19. The Labute approximate surface area is 181 Å². The summed E-state index contributed by atoms with van der Waals surface area (Å²) in [4.78, 5) is 30.4. The molecule has 2 aromatic rings. The maximum atomic E-state index is 13.3. The van der Waals surface area contributed by atoms with E-state index >= 15 is 0 Å². The van der Waals surface area contributed by atoms with Crippen molar-refractivity contribution in [2.45, 2.75) is 25.8 Å². The molecule has 0 saturated carbocycles. The van der Waals surface area contributed by atoms with Crippen molar-refractivity contribution in [1.82, 2.24) is 9.80 Å². The highest BCUT2D eigenvalue weighted by Gasteiger charge is 2.34. The van der Waals surface area contributed by atoms with E-state index in [4.69, 9.17) is 16.3 Å². The van der Waals surface area contributed by atoms with Gasteiger partial charge in [-0.3, -0.25) is 9.59 Å². The standard InChI is InChI=1S/C22H27ClN2O3S/c1-16-6-3-4-7-17(16)22-18-9-13-29-19(18)8-11-25(22)21(27)15-24(20(26)14-23)10-5-12-28-2/h3-4,6-7,9,13,22H,5,8,10-12,14-15H2,1-2H3. The lowest BCUT2D eigenvalue weighted by atomic mass is 9.90. The van der Waals surface area contributed by atoms with Crippen LogP contribution in [0.5, 0.6) is 0 Å². The monoisotopic (exact) mass is 434 g/mol. The number of rotatable bonds is 8. The maximum Gasteiger partial charge on any atom is 0.242 e. The molecule has 7 heteroatoms. The van der Waals surface area contributed by atoms with Crippen LogP contribution in [-0.4, -0.2) is 60.8 Å². The fourth-order valence-corrected chi connectivity index (χ4v) is 4.92. The van der Waals surface area contributed by atoms with Crippen LogP contribution in [-0.2, 0) is 20.7 Å². The molecule has 0 radical (unpaired) electrons. The number of benzene rings is 1. The van der Waals surface area contributed by atoms with Gasteiger partial charge in [-0.05, 0) is 47.9 Å². The zero-order valence-corrected chi connectivity index (χ0v) is 18.5. The van der Waals surface area contributed by atoms with Gasteiger partial charge in [0, 0.05) is 31.7 Å². The minimum absolute atomic E-state index is 0.0388. The number of nitrogens with zero attached hydrogens (tertiary/aromatic N) is 2. The van der Waals surface area contributed by atoms with Gasteiger partial charge >= 0.3 is 0 Å². The lowest BCUT2D eigenvalue weighted by molar-refractivity contribution is -0.140. The Morgan fingerprint density at radius 2 is 2.07 bits per heavy atom. The van der Waals surface area contributed by atoms with Gasteiger partial charge in [-0.2, -0.15) is 0 Å². The number of ether oxygens (including phenoxy) is 1. The number of alkyl halides is 1. The average molecular weight is 435 g/mol. The molecule has 1 aromatic heterocycles. The normalized spacial score (nSPS) is 15.8. The maximum absolute atomic E-state index is 13.3. The van der Waals surface area contributed by atoms with Crippen LogP contribution in [0.1, 0.15) is 34.0 Å². The van der Waals surface area contributed by atoms with E-state index in [-0.39, 0.29) is 30.3 Å². The molecule has 2 heterocycles. The first kappa shape index (κ1) is 21.8.